The van der Waals surface area contributed by atoms with E-state index in [0.29, 0.717) is 6.61 Å². The van der Waals surface area contributed by atoms with Crippen LogP contribution in [0, 0.1) is 0 Å². The van der Waals surface area contributed by atoms with Crippen molar-refractivity contribution >= 4 is 0 Å². The molecule has 1 aromatic rings. The molecular formula is C17H28N2O2. The van der Waals surface area contributed by atoms with Gasteiger partial charge in [0.2, 0.25) is 0 Å². The van der Waals surface area contributed by atoms with E-state index in [1.54, 1.807) is 0 Å². The van der Waals surface area contributed by atoms with E-state index in [0.717, 1.165) is 44.6 Å². The summed E-state index contributed by atoms with van der Waals surface area (Å²) in [5, 5.41) is 3.52. The molecule has 0 bridgehead atoms. The highest BCUT2D eigenvalue weighted by molar-refractivity contribution is 5.27. The number of hydrogen-bond donors (Lipinski definition) is 1. The summed E-state index contributed by atoms with van der Waals surface area (Å²) in [7, 11) is 2.09. The lowest BCUT2D eigenvalue weighted by molar-refractivity contribution is 0.116. The summed E-state index contributed by atoms with van der Waals surface area (Å²) in [5.74, 6) is 0.948. The van der Waals surface area contributed by atoms with Crippen LogP contribution < -0.4 is 10.1 Å². The summed E-state index contributed by atoms with van der Waals surface area (Å²) in [5.41, 5.74) is 1.32. The van der Waals surface area contributed by atoms with Crippen molar-refractivity contribution < 1.29 is 9.47 Å². The zero-order valence-electron chi connectivity index (χ0n) is 13.3. The number of likely N-dealkylation sites (N-methyl/N-ethyl adjacent to an activating group) is 1. The molecule has 0 aliphatic heterocycles. The molecular weight excluding hydrogens is 264 g/mol. The molecule has 1 fully saturated rings. The molecule has 1 aliphatic rings. The van der Waals surface area contributed by atoms with E-state index in [4.69, 9.17) is 9.47 Å². The van der Waals surface area contributed by atoms with Crippen LogP contribution in [-0.2, 0) is 11.3 Å². The Morgan fingerprint density at radius 3 is 2.52 bits per heavy atom. The number of hydrogen-bond acceptors (Lipinski definition) is 4. The van der Waals surface area contributed by atoms with Gasteiger partial charge in [0.25, 0.3) is 0 Å². The summed E-state index contributed by atoms with van der Waals surface area (Å²) in [6, 6.07) is 9.16. The minimum absolute atomic E-state index is 0.711. The highest BCUT2D eigenvalue weighted by Crippen LogP contribution is 2.19. The van der Waals surface area contributed by atoms with Crippen molar-refractivity contribution in [2.45, 2.75) is 32.4 Å². The SMILES string of the molecule is CCOCCN(C)CCOc1ccc(CNC2CC2)cc1. The zero-order chi connectivity index (χ0) is 14.9. The minimum Gasteiger partial charge on any atom is -0.492 e. The average molecular weight is 292 g/mol. The first-order chi connectivity index (χ1) is 10.3. The van der Waals surface area contributed by atoms with Crippen LogP contribution in [0.2, 0.25) is 0 Å². The van der Waals surface area contributed by atoms with Gasteiger partial charge in [-0.25, -0.2) is 0 Å². The molecule has 1 saturated carbocycles. The topological polar surface area (TPSA) is 33.7 Å². The third-order valence-corrected chi connectivity index (χ3v) is 3.66. The fourth-order valence-electron chi connectivity index (χ4n) is 2.05. The molecule has 118 valence electrons. The smallest absolute Gasteiger partial charge is 0.119 e. The van der Waals surface area contributed by atoms with Crippen molar-refractivity contribution in [3.63, 3.8) is 0 Å². The first-order valence-electron chi connectivity index (χ1n) is 7.99. The molecule has 21 heavy (non-hydrogen) atoms. The Kier molecular flexibility index (Phi) is 7.00. The second kappa shape index (κ2) is 9.03. The predicted octanol–water partition coefficient (Wildman–Crippen LogP) is 2.29. The van der Waals surface area contributed by atoms with Gasteiger partial charge in [-0.15, -0.1) is 0 Å². The molecule has 4 heteroatoms. The Hall–Kier alpha value is -1.10. The Morgan fingerprint density at radius 2 is 1.86 bits per heavy atom. The van der Waals surface area contributed by atoms with Crippen molar-refractivity contribution in [2.75, 3.05) is 40.0 Å². The van der Waals surface area contributed by atoms with Gasteiger partial charge in [-0.2, -0.15) is 0 Å². The molecule has 0 aromatic heterocycles. The second-order valence-electron chi connectivity index (χ2n) is 5.65. The van der Waals surface area contributed by atoms with Gasteiger partial charge in [-0.1, -0.05) is 12.1 Å². The molecule has 0 saturated heterocycles. The van der Waals surface area contributed by atoms with E-state index >= 15 is 0 Å². The molecule has 4 nitrogen and oxygen atoms in total. The quantitative estimate of drug-likeness (QED) is 0.635. The molecule has 0 heterocycles. The molecule has 0 atom stereocenters. The maximum Gasteiger partial charge on any atom is 0.119 e. The van der Waals surface area contributed by atoms with Crippen LogP contribution in [0.25, 0.3) is 0 Å². The molecule has 0 amide bonds. The molecule has 1 N–H and O–H groups in total. The molecule has 0 unspecified atom stereocenters. The van der Waals surface area contributed by atoms with Gasteiger partial charge in [0.05, 0.1) is 6.61 Å². The van der Waals surface area contributed by atoms with E-state index < -0.39 is 0 Å². The van der Waals surface area contributed by atoms with Crippen molar-refractivity contribution in [2.24, 2.45) is 0 Å². The van der Waals surface area contributed by atoms with Crippen molar-refractivity contribution in [1.29, 1.82) is 0 Å². The van der Waals surface area contributed by atoms with Gasteiger partial charge in [-0.3, -0.25) is 0 Å². The summed E-state index contributed by atoms with van der Waals surface area (Å²) < 4.78 is 11.1. The van der Waals surface area contributed by atoms with Gasteiger partial charge in [-0.05, 0) is 44.5 Å². The first-order valence-corrected chi connectivity index (χ1v) is 7.99. The van der Waals surface area contributed by atoms with Crippen molar-refractivity contribution in [3.05, 3.63) is 29.8 Å². The highest BCUT2D eigenvalue weighted by atomic mass is 16.5. The standard InChI is InChI=1S/C17H28N2O2/c1-3-20-12-10-19(2)11-13-21-17-8-4-15(5-9-17)14-18-16-6-7-16/h4-5,8-9,16,18H,3,6-7,10-14H2,1-2H3. The van der Waals surface area contributed by atoms with Gasteiger partial charge >= 0.3 is 0 Å². The Labute approximate surface area is 128 Å². The molecule has 0 radical (unpaired) electrons. The Balaban J connectivity index is 1.59. The fourth-order valence-corrected chi connectivity index (χ4v) is 2.05. The maximum absolute atomic E-state index is 5.77. The van der Waals surface area contributed by atoms with Gasteiger partial charge in [0, 0.05) is 32.3 Å². The lowest BCUT2D eigenvalue weighted by Gasteiger charge is -2.16. The lowest BCUT2D eigenvalue weighted by atomic mass is 10.2. The van der Waals surface area contributed by atoms with Crippen LogP contribution in [0.1, 0.15) is 25.3 Å². The average Bonchev–Trinajstić information content (AvgIpc) is 3.31. The van der Waals surface area contributed by atoms with Crippen LogP contribution in [0.15, 0.2) is 24.3 Å². The van der Waals surface area contributed by atoms with Gasteiger partial charge in [0.15, 0.2) is 0 Å². The Bertz CT molecular complexity index is 390. The Morgan fingerprint density at radius 1 is 1.14 bits per heavy atom. The summed E-state index contributed by atoms with van der Waals surface area (Å²) in [6.07, 6.45) is 2.66. The molecule has 1 aromatic carbocycles. The highest BCUT2D eigenvalue weighted by Gasteiger charge is 2.19. The van der Waals surface area contributed by atoms with Crippen LogP contribution in [0.5, 0.6) is 5.75 Å². The lowest BCUT2D eigenvalue weighted by Crippen LogP contribution is -2.27. The monoisotopic (exact) mass is 292 g/mol. The molecule has 1 aliphatic carbocycles. The second-order valence-corrected chi connectivity index (χ2v) is 5.65. The van der Waals surface area contributed by atoms with Crippen LogP contribution >= 0.6 is 0 Å². The van der Waals surface area contributed by atoms with Gasteiger partial charge < -0.3 is 19.7 Å². The summed E-state index contributed by atoms with van der Waals surface area (Å²) in [4.78, 5) is 2.23. The number of nitrogens with zero attached hydrogens (tertiary/aromatic N) is 1. The van der Waals surface area contributed by atoms with E-state index in [1.165, 1.54) is 18.4 Å². The largest absolute Gasteiger partial charge is 0.492 e. The number of nitrogens with one attached hydrogen (secondary N) is 1. The first kappa shape index (κ1) is 16.3. The number of rotatable bonds is 11. The third kappa shape index (κ3) is 6.93. The third-order valence-electron chi connectivity index (χ3n) is 3.66. The van der Waals surface area contributed by atoms with E-state index in [-0.39, 0.29) is 0 Å². The number of benzene rings is 1. The number of ether oxygens (including phenoxy) is 2. The van der Waals surface area contributed by atoms with Gasteiger partial charge in [0.1, 0.15) is 12.4 Å². The van der Waals surface area contributed by atoms with E-state index in [9.17, 15) is 0 Å². The predicted molar refractivity (Wildman–Crippen MR) is 85.8 cm³/mol. The molecule has 0 spiro atoms. The zero-order valence-corrected chi connectivity index (χ0v) is 13.3. The molecule has 2 rings (SSSR count). The summed E-state index contributed by atoms with van der Waals surface area (Å²) >= 11 is 0. The summed E-state index contributed by atoms with van der Waals surface area (Å²) in [6.45, 7) is 7.13. The van der Waals surface area contributed by atoms with E-state index in [2.05, 4.69) is 41.5 Å². The van der Waals surface area contributed by atoms with Crippen molar-refractivity contribution in [1.82, 2.24) is 10.2 Å². The minimum atomic E-state index is 0.711. The van der Waals surface area contributed by atoms with Crippen LogP contribution in [0.4, 0.5) is 0 Å². The maximum atomic E-state index is 5.77. The fraction of sp³-hybridized carbons (Fsp3) is 0.647. The van der Waals surface area contributed by atoms with E-state index in [1.807, 2.05) is 6.92 Å². The normalized spacial score (nSPS) is 14.6. The van der Waals surface area contributed by atoms with Crippen molar-refractivity contribution in [3.8, 4) is 5.75 Å². The van der Waals surface area contributed by atoms with Crippen LogP contribution in [0.3, 0.4) is 0 Å². The van der Waals surface area contributed by atoms with Crippen LogP contribution in [-0.4, -0.2) is 50.9 Å².